The molecule has 0 N–H and O–H groups in total. The molecule has 0 heterocycles. The predicted octanol–water partition coefficient (Wildman–Crippen LogP) is 15.3. The Morgan fingerprint density at radius 1 is 0.393 bits per heavy atom. The van der Waals surface area contributed by atoms with Crippen LogP contribution in [0.2, 0.25) is 0 Å². The minimum atomic E-state index is 0.887. The summed E-state index contributed by atoms with van der Waals surface area (Å²) in [6.45, 7) is 6.82. The average Bonchev–Trinajstić information content (AvgIpc) is 3.28. The van der Waals surface area contributed by atoms with Crippen LogP contribution in [-0.4, -0.2) is 5.71 Å². The first-order valence-corrected chi connectivity index (χ1v) is 19.9. The number of hydrogen-bond donors (Lipinski definition) is 0. The highest BCUT2D eigenvalue weighted by Crippen LogP contribution is 2.40. The molecule has 0 aliphatic carbocycles. The zero-order valence-electron chi connectivity index (χ0n) is 31.2. The van der Waals surface area contributed by atoms with Crippen LogP contribution in [0, 0.1) is 0 Å². The fraction of sp³-hybridized carbons (Fsp3) is 0.0185. The summed E-state index contributed by atoms with van der Waals surface area (Å²) in [6, 6.07) is 75.1. The van der Waals surface area contributed by atoms with Crippen LogP contribution in [-0.2, 0) is 0 Å². The number of nitrogens with zero attached hydrogens (tertiary/aromatic N) is 1. The van der Waals surface area contributed by atoms with Crippen molar-refractivity contribution in [2.45, 2.75) is 6.92 Å². The molecule has 0 aliphatic rings. The van der Waals surface area contributed by atoms with Crippen molar-refractivity contribution in [3.8, 4) is 55.6 Å². The van der Waals surface area contributed by atoms with E-state index in [1.807, 2.05) is 0 Å². The van der Waals surface area contributed by atoms with E-state index in [2.05, 4.69) is 242 Å². The molecule has 0 aliphatic heterocycles. The van der Waals surface area contributed by atoms with Crippen LogP contribution in [0.3, 0.4) is 0 Å². The van der Waals surface area contributed by atoms with E-state index in [0.717, 1.165) is 59.5 Å². The zero-order valence-corrected chi connectivity index (χ0v) is 33.4. The summed E-state index contributed by atoms with van der Waals surface area (Å²) in [4.78, 5) is 5.45. The molecule has 0 saturated heterocycles. The molecule has 2 heteroatoms. The smallest absolute Gasteiger partial charge is 0.0844 e. The van der Waals surface area contributed by atoms with Crippen LogP contribution in [0.4, 0.5) is 0 Å². The molecule has 8 aromatic rings. The Bertz CT molecular complexity index is 2680. The Hall–Kier alpha value is -6.36. The summed E-state index contributed by atoms with van der Waals surface area (Å²) >= 11 is 2.46. The first kappa shape index (κ1) is 36.6. The Morgan fingerprint density at radius 2 is 0.875 bits per heavy atom. The summed E-state index contributed by atoms with van der Waals surface area (Å²) in [5, 5.41) is 0. The fourth-order valence-electron chi connectivity index (χ4n) is 7.19. The average molecular weight is 830 g/mol. The molecule has 0 saturated carbocycles. The molecule has 0 amide bonds. The van der Waals surface area contributed by atoms with Gasteiger partial charge in [-0.15, -0.1) is 0 Å². The van der Waals surface area contributed by atoms with Gasteiger partial charge < -0.3 is 0 Å². The van der Waals surface area contributed by atoms with E-state index in [4.69, 9.17) is 11.6 Å². The van der Waals surface area contributed by atoms with Crippen molar-refractivity contribution in [3.63, 3.8) is 0 Å². The van der Waals surface area contributed by atoms with Crippen LogP contribution in [0.5, 0.6) is 0 Å². The van der Waals surface area contributed by atoms with Gasteiger partial charge in [0.15, 0.2) is 0 Å². The largest absolute Gasteiger partial charge is 0.251 e. The van der Waals surface area contributed by atoms with Crippen LogP contribution in [0.1, 0.15) is 23.6 Å². The summed E-state index contributed by atoms with van der Waals surface area (Å²) in [5.74, 6) is 0. The van der Waals surface area contributed by atoms with E-state index in [9.17, 15) is 0 Å². The molecule has 0 spiro atoms. The van der Waals surface area contributed by atoms with Gasteiger partial charge in [-0.2, -0.15) is 0 Å². The molecular weight excluding hydrogens is 790 g/mol. The van der Waals surface area contributed by atoms with Gasteiger partial charge in [0, 0.05) is 20.4 Å². The summed E-state index contributed by atoms with van der Waals surface area (Å²) in [5.41, 5.74) is 17.7. The Kier molecular flexibility index (Phi) is 11.1. The maximum Gasteiger partial charge on any atom is 0.0844 e. The second kappa shape index (κ2) is 17.0. The van der Waals surface area contributed by atoms with Gasteiger partial charge in [0.05, 0.1) is 5.70 Å². The highest BCUT2D eigenvalue weighted by Gasteiger charge is 2.17. The van der Waals surface area contributed by atoms with E-state index >= 15 is 0 Å². The first-order valence-electron chi connectivity index (χ1n) is 18.8. The Labute approximate surface area is 344 Å². The molecular formula is C54H40IN. The van der Waals surface area contributed by atoms with Gasteiger partial charge in [-0.3, -0.25) is 4.99 Å². The molecule has 0 atom stereocenters. The van der Waals surface area contributed by atoms with Crippen LogP contribution in [0.25, 0.3) is 66.9 Å². The van der Waals surface area contributed by atoms with Gasteiger partial charge in [-0.1, -0.05) is 207 Å². The van der Waals surface area contributed by atoms with E-state index < -0.39 is 0 Å². The number of halogens is 1. The lowest BCUT2D eigenvalue weighted by atomic mass is 9.90. The monoisotopic (exact) mass is 829 g/mol. The second-order valence-corrected chi connectivity index (χ2v) is 14.8. The van der Waals surface area contributed by atoms with Crippen LogP contribution < -0.4 is 0 Å². The van der Waals surface area contributed by atoms with Gasteiger partial charge in [0.2, 0.25) is 0 Å². The second-order valence-electron chi connectivity index (χ2n) is 13.8. The number of rotatable bonds is 10. The van der Waals surface area contributed by atoms with Crippen molar-refractivity contribution in [1.82, 2.24) is 0 Å². The van der Waals surface area contributed by atoms with Gasteiger partial charge in [0.1, 0.15) is 0 Å². The van der Waals surface area contributed by atoms with Crippen molar-refractivity contribution < 1.29 is 0 Å². The number of hydrogen-bond acceptors (Lipinski definition) is 1. The zero-order chi connectivity index (χ0) is 38.3. The molecule has 1 nitrogen and oxygen atoms in total. The van der Waals surface area contributed by atoms with E-state index in [-0.39, 0.29) is 0 Å². The van der Waals surface area contributed by atoms with Crippen molar-refractivity contribution in [2.24, 2.45) is 4.99 Å². The highest BCUT2D eigenvalue weighted by molar-refractivity contribution is 14.1. The molecule has 0 bridgehead atoms. The minimum absolute atomic E-state index is 0.887. The lowest BCUT2D eigenvalue weighted by Crippen LogP contribution is -2.00. The molecule has 0 unspecified atom stereocenters. The normalized spacial score (nSPS) is 11.9. The fourth-order valence-corrected chi connectivity index (χ4v) is 7.94. The van der Waals surface area contributed by atoms with Crippen molar-refractivity contribution in [3.05, 3.63) is 239 Å². The molecule has 268 valence electrons. The lowest BCUT2D eigenvalue weighted by molar-refractivity contribution is 1.46. The topological polar surface area (TPSA) is 12.4 Å². The summed E-state index contributed by atoms with van der Waals surface area (Å²) in [6.07, 6.45) is 0. The van der Waals surface area contributed by atoms with Gasteiger partial charge in [-0.05, 0) is 108 Å². The molecule has 0 radical (unpaired) electrons. The number of allylic oxidation sites excluding steroid dienone is 2. The molecule has 8 aromatic carbocycles. The van der Waals surface area contributed by atoms with E-state index in [0.29, 0.717) is 0 Å². The number of aliphatic imine (C=N–C) groups is 1. The third kappa shape index (κ3) is 8.02. The Morgan fingerprint density at radius 3 is 1.50 bits per heavy atom. The highest BCUT2D eigenvalue weighted by atomic mass is 127. The maximum atomic E-state index is 5.45. The third-order valence-electron chi connectivity index (χ3n) is 10.2. The first-order chi connectivity index (χ1) is 27.5. The molecule has 0 aromatic heterocycles. The molecule has 0 fully saturated rings. The lowest BCUT2D eigenvalue weighted by Gasteiger charge is -2.16. The maximum absolute atomic E-state index is 5.45. The van der Waals surface area contributed by atoms with Gasteiger partial charge in [-0.25, -0.2) is 0 Å². The van der Waals surface area contributed by atoms with E-state index in [1.54, 1.807) is 0 Å². The predicted molar refractivity (Wildman–Crippen MR) is 249 cm³/mol. The molecule has 8 rings (SSSR count). The number of benzene rings is 8. The summed E-state index contributed by atoms with van der Waals surface area (Å²) < 4.78 is 0.992. The van der Waals surface area contributed by atoms with Gasteiger partial charge in [0.25, 0.3) is 0 Å². The third-order valence-corrected chi connectivity index (χ3v) is 11.3. The van der Waals surface area contributed by atoms with E-state index in [1.165, 1.54) is 33.4 Å². The molecule has 56 heavy (non-hydrogen) atoms. The van der Waals surface area contributed by atoms with Gasteiger partial charge >= 0.3 is 0 Å². The SMILES string of the molecule is C=C(/C(I)=C(\N=C(/C)c1ccccc1-c1ccccc1)c1ccc(-c2ccccc2)cc1)c1cccc(-c2ccc(-c3ccccc3)cc2-c2ccccc2)c1. The standard InChI is InChI=1S/C54H40IN/c1-38(46-26-17-27-48(36-46)51-35-34-47(41-20-9-4-10-21-41)37-52(51)44-24-13-6-14-25-44)53(55)54(45-32-30-42(31-33-45)40-18-7-3-8-19-40)56-39(2)49-28-15-16-29-50(49)43-22-11-5-12-23-43/h3-37H,1H2,2H3/b54-53+,56-39+. The van der Waals surface area contributed by atoms with Crippen LogP contribution >= 0.6 is 22.6 Å². The quantitative estimate of drug-likeness (QED) is 0.0740. The minimum Gasteiger partial charge on any atom is -0.251 e. The Balaban J connectivity index is 1.23. The van der Waals surface area contributed by atoms with Crippen LogP contribution in [0.15, 0.2) is 227 Å². The van der Waals surface area contributed by atoms with Crippen molar-refractivity contribution in [1.29, 1.82) is 0 Å². The van der Waals surface area contributed by atoms with Crippen molar-refractivity contribution in [2.75, 3.05) is 0 Å². The van der Waals surface area contributed by atoms with Crippen molar-refractivity contribution >= 4 is 39.6 Å². The summed E-state index contributed by atoms with van der Waals surface area (Å²) in [7, 11) is 0.